The number of carbonyl (C=O) groups excluding carboxylic acids is 1. The summed E-state index contributed by atoms with van der Waals surface area (Å²) >= 11 is 1.41. The molecule has 1 aromatic carbocycles. The normalized spacial score (nSPS) is 10.5. The third-order valence-electron chi connectivity index (χ3n) is 3.36. The summed E-state index contributed by atoms with van der Waals surface area (Å²) in [5.74, 6) is 0.887. The van der Waals surface area contributed by atoms with Crippen LogP contribution in [-0.2, 0) is 17.6 Å². The van der Waals surface area contributed by atoms with Gasteiger partial charge in [0, 0.05) is 18.3 Å². The molecule has 1 aromatic heterocycles. The van der Waals surface area contributed by atoms with Gasteiger partial charge in [-0.1, -0.05) is 12.1 Å². The van der Waals surface area contributed by atoms with Gasteiger partial charge in [-0.2, -0.15) is 0 Å². The van der Waals surface area contributed by atoms with E-state index in [2.05, 4.69) is 10.3 Å². The van der Waals surface area contributed by atoms with Gasteiger partial charge >= 0.3 is 0 Å². The van der Waals surface area contributed by atoms with Crippen molar-refractivity contribution in [3.63, 3.8) is 0 Å². The summed E-state index contributed by atoms with van der Waals surface area (Å²) in [6, 6.07) is 3.99. The summed E-state index contributed by atoms with van der Waals surface area (Å²) in [5.41, 5.74) is 9.57. The van der Waals surface area contributed by atoms with Crippen molar-refractivity contribution in [2.24, 2.45) is 0 Å². The van der Waals surface area contributed by atoms with Gasteiger partial charge in [0.15, 0.2) is 5.13 Å². The number of hydrogen-bond acceptors (Lipinski definition) is 5. The Morgan fingerprint density at radius 1 is 1.36 bits per heavy atom. The van der Waals surface area contributed by atoms with Gasteiger partial charge in [-0.05, 0) is 30.5 Å². The Morgan fingerprint density at radius 2 is 2.05 bits per heavy atom. The highest BCUT2D eigenvalue weighted by molar-refractivity contribution is 7.13. The molecule has 0 radical (unpaired) electrons. The second-order valence-electron chi connectivity index (χ2n) is 5.22. The molecule has 0 atom stereocenters. The summed E-state index contributed by atoms with van der Waals surface area (Å²) in [6.45, 7) is 4.54. The Bertz CT molecular complexity index is 644. The molecule has 22 heavy (non-hydrogen) atoms. The van der Waals surface area contributed by atoms with Crippen LogP contribution >= 0.6 is 11.3 Å². The van der Waals surface area contributed by atoms with Crippen LogP contribution in [0.3, 0.4) is 0 Å². The van der Waals surface area contributed by atoms with Gasteiger partial charge in [0.1, 0.15) is 5.75 Å². The van der Waals surface area contributed by atoms with Gasteiger partial charge in [-0.25, -0.2) is 4.98 Å². The predicted octanol–water partition coefficient (Wildman–Crippen LogP) is 2.25. The monoisotopic (exact) mass is 319 g/mol. The van der Waals surface area contributed by atoms with E-state index in [1.54, 1.807) is 7.11 Å². The highest BCUT2D eigenvalue weighted by atomic mass is 32.1. The lowest BCUT2D eigenvalue weighted by atomic mass is 10.0. The number of nitrogens with zero attached hydrogens (tertiary/aromatic N) is 1. The second-order valence-corrected chi connectivity index (χ2v) is 6.11. The SMILES string of the molecule is COc1c(C)cc(CC(=O)NCCc2csc(N)n2)cc1C. The smallest absolute Gasteiger partial charge is 0.224 e. The minimum Gasteiger partial charge on any atom is -0.496 e. The van der Waals surface area contributed by atoms with Crippen LogP contribution in [0.4, 0.5) is 5.13 Å². The van der Waals surface area contributed by atoms with Gasteiger partial charge in [-0.3, -0.25) is 4.79 Å². The highest BCUT2D eigenvalue weighted by Crippen LogP contribution is 2.24. The van der Waals surface area contributed by atoms with Crippen molar-refractivity contribution in [1.29, 1.82) is 0 Å². The van der Waals surface area contributed by atoms with Gasteiger partial charge in [0.25, 0.3) is 0 Å². The average Bonchev–Trinajstić information content (AvgIpc) is 2.84. The van der Waals surface area contributed by atoms with E-state index in [0.29, 0.717) is 24.5 Å². The average molecular weight is 319 g/mol. The molecular formula is C16H21N3O2S. The van der Waals surface area contributed by atoms with Crippen molar-refractivity contribution >= 4 is 22.4 Å². The number of nitrogens with two attached hydrogens (primary N) is 1. The molecule has 0 saturated carbocycles. The van der Waals surface area contributed by atoms with Crippen LogP contribution in [0.5, 0.6) is 5.75 Å². The van der Waals surface area contributed by atoms with Gasteiger partial charge in [0.05, 0.1) is 19.2 Å². The number of hydrogen-bond donors (Lipinski definition) is 2. The van der Waals surface area contributed by atoms with Crippen molar-refractivity contribution in [3.8, 4) is 5.75 Å². The van der Waals surface area contributed by atoms with E-state index in [1.807, 2.05) is 31.4 Å². The number of carbonyl (C=O) groups is 1. The Hall–Kier alpha value is -2.08. The summed E-state index contributed by atoms with van der Waals surface area (Å²) in [4.78, 5) is 16.2. The van der Waals surface area contributed by atoms with Gasteiger partial charge in [0.2, 0.25) is 5.91 Å². The molecule has 0 aliphatic heterocycles. The Kier molecular flexibility index (Phi) is 5.38. The quantitative estimate of drug-likeness (QED) is 0.856. The lowest BCUT2D eigenvalue weighted by molar-refractivity contribution is -0.120. The maximum atomic E-state index is 12.0. The molecule has 0 fully saturated rings. The number of amides is 1. The van der Waals surface area contributed by atoms with E-state index in [-0.39, 0.29) is 5.91 Å². The molecule has 1 heterocycles. The number of ether oxygens (including phenoxy) is 1. The number of benzene rings is 1. The van der Waals surface area contributed by atoms with Gasteiger partial charge < -0.3 is 15.8 Å². The Morgan fingerprint density at radius 3 is 2.59 bits per heavy atom. The van der Waals surface area contributed by atoms with Crippen molar-refractivity contribution < 1.29 is 9.53 Å². The number of anilines is 1. The maximum Gasteiger partial charge on any atom is 0.224 e. The lowest BCUT2D eigenvalue weighted by Crippen LogP contribution is -2.27. The van der Waals surface area contributed by atoms with Crippen molar-refractivity contribution in [2.45, 2.75) is 26.7 Å². The summed E-state index contributed by atoms with van der Waals surface area (Å²) in [6.07, 6.45) is 1.06. The van der Waals surface area contributed by atoms with E-state index >= 15 is 0 Å². The molecule has 0 aliphatic rings. The van der Waals surface area contributed by atoms with E-state index in [1.165, 1.54) is 11.3 Å². The maximum absolute atomic E-state index is 12.0. The number of aromatic nitrogens is 1. The zero-order valence-corrected chi connectivity index (χ0v) is 13.9. The van der Waals surface area contributed by atoms with Crippen LogP contribution < -0.4 is 15.8 Å². The van der Waals surface area contributed by atoms with Crippen molar-refractivity contribution in [3.05, 3.63) is 39.9 Å². The van der Waals surface area contributed by atoms with E-state index in [0.717, 1.165) is 28.1 Å². The van der Waals surface area contributed by atoms with Crippen LogP contribution in [0.15, 0.2) is 17.5 Å². The number of aryl methyl sites for hydroxylation is 2. The highest BCUT2D eigenvalue weighted by Gasteiger charge is 2.09. The fourth-order valence-corrected chi connectivity index (χ4v) is 3.08. The molecule has 118 valence electrons. The topological polar surface area (TPSA) is 77.2 Å². The third-order valence-corrected chi connectivity index (χ3v) is 4.08. The number of nitrogen functional groups attached to an aromatic ring is 1. The molecule has 0 unspecified atom stereocenters. The molecule has 1 amide bonds. The molecule has 0 bridgehead atoms. The van der Waals surface area contributed by atoms with Crippen LogP contribution in [0.1, 0.15) is 22.4 Å². The summed E-state index contributed by atoms with van der Waals surface area (Å²) in [7, 11) is 1.66. The molecule has 2 aromatic rings. The minimum atomic E-state index is 0.00664. The fraction of sp³-hybridized carbons (Fsp3) is 0.375. The van der Waals surface area contributed by atoms with Crippen molar-refractivity contribution in [1.82, 2.24) is 10.3 Å². The molecule has 6 heteroatoms. The first-order valence-corrected chi connectivity index (χ1v) is 7.98. The zero-order valence-electron chi connectivity index (χ0n) is 13.1. The first kappa shape index (κ1) is 16.3. The standard InChI is InChI=1S/C16H21N3O2S/c1-10-6-12(7-11(2)15(10)21-3)8-14(20)18-5-4-13-9-22-16(17)19-13/h6-7,9H,4-5,8H2,1-3H3,(H2,17,19)(H,18,20). The Balaban J connectivity index is 1.86. The number of methoxy groups -OCH3 is 1. The first-order valence-electron chi connectivity index (χ1n) is 7.10. The van der Waals surface area contributed by atoms with Crippen LogP contribution in [0, 0.1) is 13.8 Å². The summed E-state index contributed by atoms with van der Waals surface area (Å²) < 4.78 is 5.33. The van der Waals surface area contributed by atoms with Crippen LogP contribution in [0.2, 0.25) is 0 Å². The minimum absolute atomic E-state index is 0.00664. The second kappa shape index (κ2) is 7.26. The molecular weight excluding hydrogens is 298 g/mol. The summed E-state index contributed by atoms with van der Waals surface area (Å²) in [5, 5.41) is 5.39. The zero-order chi connectivity index (χ0) is 16.1. The first-order chi connectivity index (χ1) is 10.5. The number of thiazole rings is 1. The fourth-order valence-electron chi connectivity index (χ4n) is 2.48. The van der Waals surface area contributed by atoms with Gasteiger partial charge in [-0.15, -0.1) is 11.3 Å². The van der Waals surface area contributed by atoms with E-state index in [4.69, 9.17) is 10.5 Å². The van der Waals surface area contributed by atoms with Crippen LogP contribution in [-0.4, -0.2) is 24.5 Å². The van der Waals surface area contributed by atoms with E-state index in [9.17, 15) is 4.79 Å². The molecule has 0 saturated heterocycles. The predicted molar refractivity (Wildman–Crippen MR) is 89.4 cm³/mol. The molecule has 3 N–H and O–H groups in total. The molecule has 0 aliphatic carbocycles. The molecule has 2 rings (SSSR count). The third kappa shape index (κ3) is 4.21. The van der Waals surface area contributed by atoms with E-state index < -0.39 is 0 Å². The van der Waals surface area contributed by atoms with Crippen LogP contribution in [0.25, 0.3) is 0 Å². The largest absolute Gasteiger partial charge is 0.496 e. The number of rotatable bonds is 6. The van der Waals surface area contributed by atoms with Crippen molar-refractivity contribution in [2.75, 3.05) is 19.4 Å². The molecule has 5 nitrogen and oxygen atoms in total. The Labute approximate surface area is 134 Å². The lowest BCUT2D eigenvalue weighted by Gasteiger charge is -2.11. The number of nitrogens with one attached hydrogen (secondary N) is 1. The molecule has 0 spiro atoms.